The maximum atomic E-state index is 10.7. The van der Waals surface area contributed by atoms with E-state index in [4.69, 9.17) is 20.3 Å². The number of aromatic hydroxyl groups is 1. The molecule has 0 aromatic heterocycles. The lowest BCUT2D eigenvalue weighted by Gasteiger charge is -2.19. The van der Waals surface area contributed by atoms with Crippen LogP contribution in [-0.2, 0) is 17.6 Å². The van der Waals surface area contributed by atoms with E-state index in [2.05, 4.69) is 0 Å². The highest BCUT2D eigenvalue weighted by Gasteiger charge is 2.33. The molecule has 1 aromatic rings. The summed E-state index contributed by atoms with van der Waals surface area (Å²) < 4.78 is 11.1. The summed E-state index contributed by atoms with van der Waals surface area (Å²) in [6.45, 7) is 1.01. The molecule has 2 aliphatic heterocycles. The van der Waals surface area contributed by atoms with Crippen LogP contribution in [-0.4, -0.2) is 29.4 Å². The summed E-state index contributed by atoms with van der Waals surface area (Å²) in [6, 6.07) is -0.422. The summed E-state index contributed by atoms with van der Waals surface area (Å²) in [5.74, 6) is 0.406. The molecule has 0 bridgehead atoms. The molecule has 0 spiro atoms. The molecule has 0 fully saturated rings. The zero-order chi connectivity index (χ0) is 14.3. The Kier molecular flexibility index (Phi) is 3.17. The van der Waals surface area contributed by atoms with E-state index in [1.165, 1.54) is 0 Å². The van der Waals surface area contributed by atoms with E-state index in [9.17, 15) is 9.90 Å². The Balaban J connectivity index is 2.04. The summed E-state index contributed by atoms with van der Waals surface area (Å²) in [5.41, 5.74) is 8.56. The third-order valence-electron chi connectivity index (χ3n) is 3.86. The molecule has 2 aliphatic rings. The molecule has 6 heteroatoms. The minimum atomic E-state index is -0.871. The molecule has 0 radical (unpaired) electrons. The number of ether oxygens (including phenoxy) is 2. The van der Waals surface area contributed by atoms with Crippen molar-refractivity contribution in [3.63, 3.8) is 0 Å². The number of aliphatic carboxylic acids is 1. The normalized spacial score (nSPS) is 17.1. The highest BCUT2D eigenvalue weighted by atomic mass is 16.5. The maximum Gasteiger partial charge on any atom is 0.303 e. The molecule has 3 rings (SSSR count). The van der Waals surface area contributed by atoms with Gasteiger partial charge in [0.2, 0.25) is 0 Å². The van der Waals surface area contributed by atoms with Gasteiger partial charge in [0.15, 0.2) is 11.5 Å². The second-order valence-corrected chi connectivity index (χ2v) is 5.11. The van der Waals surface area contributed by atoms with Crippen molar-refractivity contribution in [1.29, 1.82) is 0 Å². The molecular weight excluding hydrogens is 262 g/mol. The zero-order valence-electron chi connectivity index (χ0n) is 11.0. The van der Waals surface area contributed by atoms with Gasteiger partial charge in [0.25, 0.3) is 0 Å². The van der Waals surface area contributed by atoms with Crippen LogP contribution in [0.1, 0.15) is 35.6 Å². The fraction of sp³-hybridized carbons (Fsp3) is 0.500. The predicted molar refractivity (Wildman–Crippen MR) is 70.3 cm³/mol. The summed E-state index contributed by atoms with van der Waals surface area (Å²) in [5, 5.41) is 19.0. The molecule has 0 saturated heterocycles. The molecule has 20 heavy (non-hydrogen) atoms. The first-order valence-electron chi connectivity index (χ1n) is 6.73. The second kappa shape index (κ2) is 4.86. The number of phenols is 1. The number of phenolic OH excluding ortho intramolecular Hbond substituents is 1. The fourth-order valence-electron chi connectivity index (χ4n) is 2.94. The highest BCUT2D eigenvalue weighted by Crippen LogP contribution is 2.50. The molecule has 108 valence electrons. The Hall–Kier alpha value is -1.95. The van der Waals surface area contributed by atoms with Crippen LogP contribution in [0.2, 0.25) is 0 Å². The Morgan fingerprint density at radius 1 is 1.20 bits per heavy atom. The average molecular weight is 279 g/mol. The van der Waals surface area contributed by atoms with Crippen molar-refractivity contribution < 1.29 is 24.5 Å². The van der Waals surface area contributed by atoms with Crippen LogP contribution in [0.3, 0.4) is 0 Å². The maximum absolute atomic E-state index is 10.7. The van der Waals surface area contributed by atoms with Gasteiger partial charge in [-0.1, -0.05) is 0 Å². The van der Waals surface area contributed by atoms with E-state index in [1.54, 1.807) is 0 Å². The van der Waals surface area contributed by atoms with Crippen LogP contribution in [0.5, 0.6) is 17.2 Å². The van der Waals surface area contributed by atoms with Crippen LogP contribution < -0.4 is 15.2 Å². The van der Waals surface area contributed by atoms with Crippen molar-refractivity contribution >= 4 is 5.97 Å². The van der Waals surface area contributed by atoms with E-state index in [-0.39, 0.29) is 12.2 Å². The van der Waals surface area contributed by atoms with E-state index in [1.807, 2.05) is 0 Å². The van der Waals surface area contributed by atoms with Crippen molar-refractivity contribution in [2.75, 3.05) is 13.2 Å². The van der Waals surface area contributed by atoms with Gasteiger partial charge in [0, 0.05) is 42.0 Å². The van der Waals surface area contributed by atoms with Crippen molar-refractivity contribution in [2.24, 2.45) is 5.73 Å². The number of benzene rings is 1. The van der Waals surface area contributed by atoms with Crippen LogP contribution >= 0.6 is 0 Å². The van der Waals surface area contributed by atoms with Gasteiger partial charge in [-0.2, -0.15) is 0 Å². The Morgan fingerprint density at radius 2 is 1.85 bits per heavy atom. The first kappa shape index (κ1) is 13.1. The number of hydrogen-bond acceptors (Lipinski definition) is 5. The van der Waals surface area contributed by atoms with Crippen LogP contribution in [0.4, 0.5) is 0 Å². The smallest absolute Gasteiger partial charge is 0.303 e. The third kappa shape index (κ3) is 1.96. The van der Waals surface area contributed by atoms with Crippen molar-refractivity contribution in [2.45, 2.75) is 31.7 Å². The van der Waals surface area contributed by atoms with Crippen LogP contribution in [0.15, 0.2) is 0 Å². The third-order valence-corrected chi connectivity index (χ3v) is 3.86. The van der Waals surface area contributed by atoms with Crippen LogP contribution in [0.25, 0.3) is 0 Å². The van der Waals surface area contributed by atoms with Gasteiger partial charge in [-0.15, -0.1) is 0 Å². The number of carbonyl (C=O) groups is 1. The van der Waals surface area contributed by atoms with Gasteiger partial charge in [-0.05, 0) is 6.42 Å². The fourth-order valence-corrected chi connectivity index (χ4v) is 2.94. The van der Waals surface area contributed by atoms with Crippen molar-refractivity contribution in [1.82, 2.24) is 0 Å². The van der Waals surface area contributed by atoms with Gasteiger partial charge >= 0.3 is 5.97 Å². The molecule has 6 nitrogen and oxygen atoms in total. The predicted octanol–water partition coefficient (Wildman–Crippen LogP) is 1.13. The number of carboxylic acids is 1. The van der Waals surface area contributed by atoms with Crippen LogP contribution in [0, 0.1) is 0 Å². The quantitative estimate of drug-likeness (QED) is 0.763. The zero-order valence-corrected chi connectivity index (χ0v) is 11.0. The SMILES string of the molecule is NC(CCC(=O)O)c1c2c(c(O)c3c1OCC3)OCC2. The van der Waals surface area contributed by atoms with E-state index < -0.39 is 12.0 Å². The highest BCUT2D eigenvalue weighted by molar-refractivity contribution is 5.68. The monoisotopic (exact) mass is 279 g/mol. The largest absolute Gasteiger partial charge is 0.504 e. The summed E-state index contributed by atoms with van der Waals surface area (Å²) in [7, 11) is 0. The molecule has 4 N–H and O–H groups in total. The minimum Gasteiger partial charge on any atom is -0.504 e. The minimum absolute atomic E-state index is 0.00640. The molecule has 0 aliphatic carbocycles. The van der Waals surface area contributed by atoms with E-state index >= 15 is 0 Å². The average Bonchev–Trinajstić information content (AvgIpc) is 3.05. The number of fused-ring (bicyclic) bond motifs is 2. The van der Waals surface area contributed by atoms with Gasteiger partial charge in [-0.3, -0.25) is 4.79 Å². The molecule has 1 unspecified atom stereocenters. The van der Waals surface area contributed by atoms with Gasteiger partial charge < -0.3 is 25.4 Å². The molecule has 0 amide bonds. The lowest BCUT2D eigenvalue weighted by atomic mass is 9.91. The molecule has 2 heterocycles. The van der Waals surface area contributed by atoms with Gasteiger partial charge in [0.05, 0.1) is 13.2 Å². The lowest BCUT2D eigenvalue weighted by Crippen LogP contribution is -2.15. The molecular formula is C14H17NO5. The van der Waals surface area contributed by atoms with E-state index in [0.29, 0.717) is 44.0 Å². The number of rotatable bonds is 4. The lowest BCUT2D eigenvalue weighted by molar-refractivity contribution is -0.137. The standard InChI is InChI=1S/C14H17NO5/c15-9(1-2-10(16)17)11-7-3-5-20-14(7)12(18)8-4-6-19-13(8)11/h9,18H,1-6,15H2,(H,16,17). The van der Waals surface area contributed by atoms with Crippen molar-refractivity contribution in [3.8, 4) is 17.2 Å². The topological polar surface area (TPSA) is 102 Å². The van der Waals surface area contributed by atoms with Gasteiger partial charge in [0.1, 0.15) is 5.75 Å². The Labute approximate surface area is 116 Å². The number of carboxylic acid groups (broad SMARTS) is 1. The van der Waals surface area contributed by atoms with Gasteiger partial charge in [-0.25, -0.2) is 0 Å². The first-order valence-corrected chi connectivity index (χ1v) is 6.73. The molecule has 1 aromatic carbocycles. The molecule has 0 saturated carbocycles. The number of nitrogens with two attached hydrogens (primary N) is 1. The summed E-state index contributed by atoms with van der Waals surface area (Å²) in [6.07, 6.45) is 1.63. The summed E-state index contributed by atoms with van der Waals surface area (Å²) in [4.78, 5) is 10.7. The second-order valence-electron chi connectivity index (χ2n) is 5.11. The Morgan fingerprint density at radius 3 is 2.55 bits per heavy atom. The first-order chi connectivity index (χ1) is 9.59. The Bertz CT molecular complexity index is 534. The molecule has 1 atom stereocenters. The number of hydrogen-bond donors (Lipinski definition) is 3. The van der Waals surface area contributed by atoms with Crippen molar-refractivity contribution in [3.05, 3.63) is 16.7 Å². The van der Waals surface area contributed by atoms with E-state index in [0.717, 1.165) is 16.7 Å². The summed E-state index contributed by atoms with van der Waals surface area (Å²) >= 11 is 0.